The van der Waals surface area contributed by atoms with Crippen LogP contribution in [0, 0.1) is 8.30 Å². The van der Waals surface area contributed by atoms with E-state index in [2.05, 4.69) is 34.8 Å². The van der Waals surface area contributed by atoms with Gasteiger partial charge in [0.1, 0.15) is 0 Å². The Labute approximate surface area is 101 Å². The van der Waals surface area contributed by atoms with E-state index in [1.165, 1.54) is 12.8 Å². The van der Waals surface area contributed by atoms with Crippen molar-refractivity contribution in [1.82, 2.24) is 5.32 Å². The quantitative estimate of drug-likeness (QED) is 0.852. The molecule has 0 unspecified atom stereocenters. The average Bonchev–Trinajstić information content (AvgIpc) is 2.71. The minimum atomic E-state index is 0.0669. The smallest absolute Gasteiger partial charge is 0.252 e. The van der Waals surface area contributed by atoms with Crippen molar-refractivity contribution < 1.29 is 4.79 Å². The highest BCUT2D eigenvalue weighted by atomic mass is 127. The molecular weight excluding hydrogens is 309 g/mol. The van der Waals surface area contributed by atoms with Gasteiger partial charge in [0.05, 0.1) is 8.45 Å². The Morgan fingerprint density at radius 1 is 1.71 bits per heavy atom. The predicted octanol–water partition coefficient (Wildman–Crippen LogP) is 2.88. The fraction of sp³-hybridized carbons (Fsp3) is 0.500. The van der Waals surface area contributed by atoms with Crippen LogP contribution in [0.3, 0.4) is 0 Å². The molecule has 1 aliphatic carbocycles. The Morgan fingerprint density at radius 3 is 2.93 bits per heavy atom. The summed E-state index contributed by atoms with van der Waals surface area (Å²) in [5.74, 6) is 0.0669. The summed E-state index contributed by atoms with van der Waals surface area (Å²) in [6.07, 6.45) is 2.49. The van der Waals surface area contributed by atoms with Gasteiger partial charge < -0.3 is 5.32 Å². The molecule has 1 aliphatic rings. The summed E-state index contributed by atoms with van der Waals surface area (Å²) in [4.78, 5) is 11.6. The number of carbonyl (C=O) groups is 1. The third-order valence-electron chi connectivity index (χ3n) is 2.61. The number of thiophene rings is 1. The maximum Gasteiger partial charge on any atom is 0.252 e. The van der Waals surface area contributed by atoms with Crippen LogP contribution in [0.4, 0.5) is 0 Å². The van der Waals surface area contributed by atoms with Gasteiger partial charge in [0.15, 0.2) is 0 Å². The lowest BCUT2D eigenvalue weighted by atomic mass is 10.1. The lowest BCUT2D eigenvalue weighted by Crippen LogP contribution is -2.28. The SMILES string of the molecule is CC1(CNC(=O)c2csc(I)c2)CC1. The molecule has 1 fully saturated rings. The van der Waals surface area contributed by atoms with Crippen molar-refractivity contribution in [1.29, 1.82) is 0 Å². The number of nitrogens with one attached hydrogen (secondary N) is 1. The van der Waals surface area contributed by atoms with Gasteiger partial charge in [0.2, 0.25) is 0 Å². The van der Waals surface area contributed by atoms with E-state index in [0.717, 1.165) is 15.0 Å². The van der Waals surface area contributed by atoms with Gasteiger partial charge >= 0.3 is 0 Å². The second kappa shape index (κ2) is 3.81. The molecule has 76 valence electrons. The third-order valence-corrected chi connectivity index (χ3v) is 4.40. The van der Waals surface area contributed by atoms with Crippen molar-refractivity contribution in [2.45, 2.75) is 19.8 Å². The van der Waals surface area contributed by atoms with Crippen LogP contribution in [-0.2, 0) is 0 Å². The monoisotopic (exact) mass is 321 g/mol. The minimum Gasteiger partial charge on any atom is -0.351 e. The van der Waals surface area contributed by atoms with Gasteiger partial charge in [-0.3, -0.25) is 4.79 Å². The van der Waals surface area contributed by atoms with Gasteiger partial charge in [-0.1, -0.05) is 6.92 Å². The summed E-state index contributed by atoms with van der Waals surface area (Å²) >= 11 is 3.84. The van der Waals surface area contributed by atoms with Gasteiger partial charge in [-0.15, -0.1) is 11.3 Å². The second-order valence-electron chi connectivity index (χ2n) is 4.13. The number of halogens is 1. The Bertz CT molecular complexity index is 357. The van der Waals surface area contributed by atoms with Gasteiger partial charge in [-0.05, 0) is 46.9 Å². The summed E-state index contributed by atoms with van der Waals surface area (Å²) < 4.78 is 1.16. The summed E-state index contributed by atoms with van der Waals surface area (Å²) in [6, 6.07) is 1.93. The molecule has 1 heterocycles. The van der Waals surface area contributed by atoms with E-state index >= 15 is 0 Å². The molecule has 0 aromatic carbocycles. The molecule has 2 nitrogen and oxygen atoms in total. The number of rotatable bonds is 3. The van der Waals surface area contributed by atoms with Crippen LogP contribution in [0.2, 0.25) is 0 Å². The predicted molar refractivity (Wildman–Crippen MR) is 66.7 cm³/mol. The molecule has 1 saturated carbocycles. The first kappa shape index (κ1) is 10.4. The normalized spacial score (nSPS) is 17.9. The van der Waals surface area contributed by atoms with Crippen molar-refractivity contribution in [2.24, 2.45) is 5.41 Å². The average molecular weight is 321 g/mol. The van der Waals surface area contributed by atoms with Gasteiger partial charge in [-0.25, -0.2) is 0 Å². The first-order chi connectivity index (χ1) is 6.59. The van der Waals surface area contributed by atoms with Crippen molar-refractivity contribution in [3.63, 3.8) is 0 Å². The molecule has 1 aromatic rings. The minimum absolute atomic E-state index is 0.0669. The maximum atomic E-state index is 11.6. The summed E-state index contributed by atoms with van der Waals surface area (Å²) in [7, 11) is 0. The Balaban J connectivity index is 1.89. The van der Waals surface area contributed by atoms with Gasteiger partial charge in [0.25, 0.3) is 5.91 Å². The van der Waals surface area contributed by atoms with Crippen LogP contribution in [0.15, 0.2) is 11.4 Å². The first-order valence-electron chi connectivity index (χ1n) is 4.61. The van der Waals surface area contributed by atoms with Crippen molar-refractivity contribution in [3.8, 4) is 0 Å². The Kier molecular flexibility index (Phi) is 2.83. The first-order valence-corrected chi connectivity index (χ1v) is 6.57. The summed E-state index contributed by atoms with van der Waals surface area (Å²) in [6.45, 7) is 3.03. The van der Waals surface area contributed by atoms with Crippen molar-refractivity contribution in [3.05, 3.63) is 19.9 Å². The molecule has 1 amide bonds. The molecule has 0 bridgehead atoms. The summed E-state index contributed by atoms with van der Waals surface area (Å²) in [5, 5.41) is 4.89. The fourth-order valence-electron chi connectivity index (χ4n) is 1.22. The zero-order chi connectivity index (χ0) is 10.2. The Hall–Kier alpha value is -0.100. The molecular formula is C10H12INOS. The molecule has 0 atom stereocenters. The molecule has 0 saturated heterocycles. The molecule has 2 rings (SSSR count). The number of hydrogen-bond donors (Lipinski definition) is 1. The number of hydrogen-bond acceptors (Lipinski definition) is 2. The largest absolute Gasteiger partial charge is 0.351 e. The molecule has 0 aliphatic heterocycles. The van der Waals surface area contributed by atoms with Gasteiger partial charge in [-0.2, -0.15) is 0 Å². The molecule has 14 heavy (non-hydrogen) atoms. The molecule has 0 spiro atoms. The molecule has 1 N–H and O–H groups in total. The standard InChI is InChI=1S/C10H12INOS/c1-10(2-3-10)6-12-9(13)7-4-8(11)14-5-7/h4-5H,2-3,6H2,1H3,(H,12,13). The van der Waals surface area contributed by atoms with Crippen LogP contribution in [0.1, 0.15) is 30.1 Å². The van der Waals surface area contributed by atoms with Crippen LogP contribution < -0.4 is 5.32 Å². The number of carbonyl (C=O) groups excluding carboxylic acids is 1. The molecule has 0 radical (unpaired) electrons. The lowest BCUT2D eigenvalue weighted by molar-refractivity contribution is 0.0946. The van der Waals surface area contributed by atoms with Crippen molar-refractivity contribution >= 4 is 39.8 Å². The summed E-state index contributed by atoms with van der Waals surface area (Å²) in [5.41, 5.74) is 1.18. The van der Waals surface area contributed by atoms with E-state index in [9.17, 15) is 4.79 Å². The van der Waals surface area contributed by atoms with E-state index < -0.39 is 0 Å². The lowest BCUT2D eigenvalue weighted by Gasteiger charge is -2.08. The Morgan fingerprint density at radius 2 is 2.43 bits per heavy atom. The van der Waals surface area contributed by atoms with Gasteiger partial charge in [0, 0.05) is 11.9 Å². The highest BCUT2D eigenvalue weighted by molar-refractivity contribution is 14.1. The highest BCUT2D eigenvalue weighted by Crippen LogP contribution is 2.44. The van der Waals surface area contributed by atoms with Crippen LogP contribution >= 0.6 is 33.9 Å². The van der Waals surface area contributed by atoms with E-state index in [1.54, 1.807) is 11.3 Å². The van der Waals surface area contributed by atoms with Crippen LogP contribution in [-0.4, -0.2) is 12.5 Å². The van der Waals surface area contributed by atoms with Crippen LogP contribution in [0.5, 0.6) is 0 Å². The fourth-order valence-corrected chi connectivity index (χ4v) is 2.54. The third kappa shape index (κ3) is 2.48. The molecule has 4 heteroatoms. The number of amides is 1. The van der Waals surface area contributed by atoms with E-state index in [-0.39, 0.29) is 5.91 Å². The van der Waals surface area contributed by atoms with Crippen LogP contribution in [0.25, 0.3) is 0 Å². The molecule has 1 aromatic heterocycles. The highest BCUT2D eigenvalue weighted by Gasteiger charge is 2.37. The maximum absolute atomic E-state index is 11.6. The van der Waals surface area contributed by atoms with E-state index in [0.29, 0.717) is 5.41 Å². The second-order valence-corrected chi connectivity index (χ2v) is 6.94. The zero-order valence-corrected chi connectivity index (χ0v) is 10.9. The van der Waals surface area contributed by atoms with E-state index in [4.69, 9.17) is 0 Å². The zero-order valence-electron chi connectivity index (χ0n) is 7.97. The topological polar surface area (TPSA) is 29.1 Å². The van der Waals surface area contributed by atoms with E-state index in [1.807, 2.05) is 11.4 Å². The van der Waals surface area contributed by atoms with Crippen molar-refractivity contribution in [2.75, 3.05) is 6.54 Å².